The van der Waals surface area contributed by atoms with Crippen LogP contribution in [0, 0.1) is 6.92 Å². The van der Waals surface area contributed by atoms with E-state index in [9.17, 15) is 0 Å². The zero-order chi connectivity index (χ0) is 14.0. The first-order valence-electron chi connectivity index (χ1n) is 6.52. The number of halogens is 1. The largest absolute Gasteiger partial charge is 0.316 e. The van der Waals surface area contributed by atoms with E-state index in [-0.39, 0.29) is 0 Å². The van der Waals surface area contributed by atoms with Gasteiger partial charge < -0.3 is 5.32 Å². The van der Waals surface area contributed by atoms with Crippen molar-refractivity contribution in [2.24, 2.45) is 0 Å². The lowest BCUT2D eigenvalue weighted by Gasteiger charge is -2.09. The van der Waals surface area contributed by atoms with Crippen LogP contribution in [0.5, 0.6) is 0 Å². The van der Waals surface area contributed by atoms with E-state index >= 15 is 0 Å². The molecule has 0 radical (unpaired) electrons. The molecule has 1 N–H and O–H groups in total. The molecular formula is C15H20ClN3. The Bertz CT molecular complexity index is 573. The Morgan fingerprint density at radius 3 is 2.63 bits per heavy atom. The monoisotopic (exact) mass is 277 g/mol. The number of benzene rings is 1. The van der Waals surface area contributed by atoms with Gasteiger partial charge in [-0.15, -0.1) is 0 Å². The minimum absolute atomic E-state index is 0.368. The molecule has 2 aromatic rings. The van der Waals surface area contributed by atoms with Gasteiger partial charge in [0.05, 0.1) is 5.69 Å². The summed E-state index contributed by atoms with van der Waals surface area (Å²) in [5, 5.41) is 8.52. The molecule has 3 nitrogen and oxygen atoms in total. The highest BCUT2D eigenvalue weighted by Crippen LogP contribution is 2.29. The van der Waals surface area contributed by atoms with E-state index in [2.05, 4.69) is 36.5 Å². The van der Waals surface area contributed by atoms with Crippen molar-refractivity contribution >= 4 is 11.6 Å². The summed E-state index contributed by atoms with van der Waals surface area (Å²) in [5.74, 6) is 0. The molecule has 0 aliphatic rings. The van der Waals surface area contributed by atoms with Crippen LogP contribution in [0.15, 0.2) is 24.4 Å². The normalized spacial score (nSPS) is 11.3. The van der Waals surface area contributed by atoms with E-state index in [0.29, 0.717) is 6.04 Å². The standard InChI is InChI=1S/C15H20ClN3/c1-10(2)19-9-15(11(3)18-19)14-6-5-13(16)7-12(14)8-17-4/h5-7,9-10,17H,8H2,1-4H3. The Kier molecular flexibility index (Phi) is 4.27. The highest BCUT2D eigenvalue weighted by molar-refractivity contribution is 6.30. The van der Waals surface area contributed by atoms with E-state index < -0.39 is 0 Å². The molecule has 19 heavy (non-hydrogen) atoms. The van der Waals surface area contributed by atoms with E-state index in [1.54, 1.807) is 0 Å². The van der Waals surface area contributed by atoms with Crippen LogP contribution >= 0.6 is 11.6 Å². The predicted octanol–water partition coefficient (Wildman–Crippen LogP) is 3.81. The van der Waals surface area contributed by atoms with E-state index in [4.69, 9.17) is 11.6 Å². The first-order valence-corrected chi connectivity index (χ1v) is 6.90. The van der Waals surface area contributed by atoms with Crippen LogP contribution in [0.1, 0.15) is 31.1 Å². The minimum Gasteiger partial charge on any atom is -0.316 e. The van der Waals surface area contributed by atoms with Crippen LogP contribution in [-0.2, 0) is 6.54 Å². The van der Waals surface area contributed by atoms with Crippen molar-refractivity contribution in [1.29, 1.82) is 0 Å². The highest BCUT2D eigenvalue weighted by atomic mass is 35.5. The second-order valence-electron chi connectivity index (χ2n) is 5.03. The Hall–Kier alpha value is -1.32. The minimum atomic E-state index is 0.368. The summed E-state index contributed by atoms with van der Waals surface area (Å²) in [6, 6.07) is 6.39. The van der Waals surface area contributed by atoms with Crippen molar-refractivity contribution in [1.82, 2.24) is 15.1 Å². The lowest BCUT2D eigenvalue weighted by Crippen LogP contribution is -2.06. The summed E-state index contributed by atoms with van der Waals surface area (Å²) in [4.78, 5) is 0. The molecule has 4 heteroatoms. The molecule has 0 spiro atoms. The molecule has 1 aromatic heterocycles. The van der Waals surface area contributed by atoms with Gasteiger partial charge in [0.15, 0.2) is 0 Å². The Labute approximate surface area is 119 Å². The molecule has 102 valence electrons. The summed E-state index contributed by atoms with van der Waals surface area (Å²) in [7, 11) is 1.94. The van der Waals surface area contributed by atoms with Crippen LogP contribution < -0.4 is 5.32 Å². The lowest BCUT2D eigenvalue weighted by atomic mass is 10.0. The summed E-state index contributed by atoms with van der Waals surface area (Å²) in [5.41, 5.74) is 4.62. The molecule has 1 heterocycles. The molecule has 1 aromatic carbocycles. The number of hydrogen-bond acceptors (Lipinski definition) is 2. The summed E-state index contributed by atoms with van der Waals surface area (Å²) < 4.78 is 2.00. The zero-order valence-electron chi connectivity index (χ0n) is 11.9. The molecule has 0 fully saturated rings. The van der Waals surface area contributed by atoms with Crippen LogP contribution in [0.4, 0.5) is 0 Å². The number of nitrogens with zero attached hydrogens (tertiary/aromatic N) is 2. The van der Waals surface area contributed by atoms with Crippen LogP contribution in [0.3, 0.4) is 0 Å². The van der Waals surface area contributed by atoms with Crippen molar-refractivity contribution in [3.63, 3.8) is 0 Å². The highest BCUT2D eigenvalue weighted by Gasteiger charge is 2.12. The topological polar surface area (TPSA) is 29.9 Å². The van der Waals surface area contributed by atoms with Gasteiger partial charge in [0, 0.05) is 29.4 Å². The average Bonchev–Trinajstić information content (AvgIpc) is 2.72. The quantitative estimate of drug-likeness (QED) is 0.921. The third-order valence-electron chi connectivity index (χ3n) is 3.17. The molecule has 0 atom stereocenters. The van der Waals surface area contributed by atoms with Crippen molar-refractivity contribution < 1.29 is 0 Å². The van der Waals surface area contributed by atoms with Gasteiger partial charge in [0.25, 0.3) is 0 Å². The summed E-state index contributed by atoms with van der Waals surface area (Å²) in [6.45, 7) is 7.10. The fourth-order valence-electron chi connectivity index (χ4n) is 2.17. The molecule has 0 aliphatic heterocycles. The molecule has 0 bridgehead atoms. The van der Waals surface area contributed by atoms with Gasteiger partial charge in [-0.1, -0.05) is 17.7 Å². The number of rotatable bonds is 4. The number of hydrogen-bond donors (Lipinski definition) is 1. The Morgan fingerprint density at radius 2 is 2.05 bits per heavy atom. The third-order valence-corrected chi connectivity index (χ3v) is 3.41. The van der Waals surface area contributed by atoms with Crippen LogP contribution in [-0.4, -0.2) is 16.8 Å². The average molecular weight is 278 g/mol. The lowest BCUT2D eigenvalue weighted by molar-refractivity contribution is 0.529. The first kappa shape index (κ1) is 14.1. The van der Waals surface area contributed by atoms with Crippen molar-refractivity contribution in [3.05, 3.63) is 40.7 Å². The molecular weight excluding hydrogens is 258 g/mol. The maximum absolute atomic E-state index is 6.09. The van der Waals surface area contributed by atoms with E-state index in [0.717, 1.165) is 17.3 Å². The molecule has 0 saturated heterocycles. The van der Waals surface area contributed by atoms with Gasteiger partial charge in [-0.3, -0.25) is 4.68 Å². The molecule has 0 unspecified atom stereocenters. The SMILES string of the molecule is CNCc1cc(Cl)ccc1-c1cn(C(C)C)nc1C. The first-order chi connectivity index (χ1) is 9.02. The molecule has 2 rings (SSSR count). The van der Waals surface area contributed by atoms with Gasteiger partial charge in [-0.25, -0.2) is 0 Å². The maximum atomic E-state index is 6.09. The number of aromatic nitrogens is 2. The van der Waals surface area contributed by atoms with Gasteiger partial charge in [0.2, 0.25) is 0 Å². The van der Waals surface area contributed by atoms with Gasteiger partial charge in [0.1, 0.15) is 0 Å². The third kappa shape index (κ3) is 2.99. The second kappa shape index (κ2) is 5.76. The predicted molar refractivity (Wildman–Crippen MR) is 80.6 cm³/mol. The molecule has 0 saturated carbocycles. The maximum Gasteiger partial charge on any atom is 0.0672 e. The fraction of sp³-hybridized carbons (Fsp3) is 0.400. The van der Waals surface area contributed by atoms with Gasteiger partial charge in [-0.05, 0) is 51.1 Å². The van der Waals surface area contributed by atoms with Gasteiger partial charge in [-0.2, -0.15) is 5.10 Å². The summed E-state index contributed by atoms with van der Waals surface area (Å²) >= 11 is 6.09. The molecule has 0 amide bonds. The zero-order valence-corrected chi connectivity index (χ0v) is 12.6. The van der Waals surface area contributed by atoms with Crippen LogP contribution in [0.2, 0.25) is 5.02 Å². The van der Waals surface area contributed by atoms with Crippen molar-refractivity contribution in [2.75, 3.05) is 7.05 Å². The van der Waals surface area contributed by atoms with E-state index in [1.807, 2.05) is 30.8 Å². The van der Waals surface area contributed by atoms with Crippen LogP contribution in [0.25, 0.3) is 11.1 Å². The fourth-order valence-corrected chi connectivity index (χ4v) is 2.37. The smallest absolute Gasteiger partial charge is 0.0672 e. The summed E-state index contributed by atoms with van der Waals surface area (Å²) in [6.07, 6.45) is 2.11. The van der Waals surface area contributed by atoms with Crippen molar-refractivity contribution in [2.45, 2.75) is 33.4 Å². The van der Waals surface area contributed by atoms with E-state index in [1.165, 1.54) is 16.7 Å². The number of aryl methyl sites for hydroxylation is 1. The second-order valence-corrected chi connectivity index (χ2v) is 5.47. The Morgan fingerprint density at radius 1 is 1.32 bits per heavy atom. The number of nitrogens with one attached hydrogen (secondary N) is 1. The molecule has 0 aliphatic carbocycles. The van der Waals surface area contributed by atoms with Crippen molar-refractivity contribution in [3.8, 4) is 11.1 Å². The van der Waals surface area contributed by atoms with Gasteiger partial charge >= 0.3 is 0 Å². The Balaban J connectivity index is 2.51.